The highest BCUT2D eigenvalue weighted by molar-refractivity contribution is 5.53. The van der Waals surface area contributed by atoms with Crippen LogP contribution in [0.4, 0.5) is 0 Å². The maximum Gasteiger partial charge on any atom is 0.226 e. The van der Waals surface area contributed by atoms with E-state index in [0.717, 1.165) is 22.8 Å². The third kappa shape index (κ3) is 3.28. The van der Waals surface area contributed by atoms with Crippen LogP contribution in [0.5, 0.6) is 0 Å². The number of hydrogen-bond acceptors (Lipinski definition) is 4. The van der Waals surface area contributed by atoms with E-state index in [2.05, 4.69) is 36.3 Å². The van der Waals surface area contributed by atoms with Gasteiger partial charge in [-0.2, -0.15) is 0 Å². The molecule has 0 radical (unpaired) electrons. The Labute approximate surface area is 130 Å². The molecule has 0 aliphatic carbocycles. The van der Waals surface area contributed by atoms with Crippen LogP contribution in [0.25, 0.3) is 11.5 Å². The summed E-state index contributed by atoms with van der Waals surface area (Å²) in [6.45, 7) is 6.71. The second-order valence-electron chi connectivity index (χ2n) is 5.56. The van der Waals surface area contributed by atoms with Crippen LogP contribution >= 0.6 is 0 Å². The van der Waals surface area contributed by atoms with E-state index in [-0.39, 0.29) is 6.04 Å². The predicted molar refractivity (Wildman–Crippen MR) is 85.4 cm³/mol. The minimum Gasteiger partial charge on any atom is -0.465 e. The van der Waals surface area contributed by atoms with Gasteiger partial charge in [0.15, 0.2) is 0 Å². The Morgan fingerprint density at radius 2 is 1.86 bits per heavy atom. The highest BCUT2D eigenvalue weighted by Gasteiger charge is 2.11. The zero-order valence-electron chi connectivity index (χ0n) is 13.1. The lowest BCUT2D eigenvalue weighted by molar-refractivity contribution is 0.414. The molecule has 1 N–H and O–H groups in total. The van der Waals surface area contributed by atoms with Gasteiger partial charge in [-0.25, -0.2) is 4.98 Å². The van der Waals surface area contributed by atoms with Crippen LogP contribution in [0.15, 0.2) is 51.5 Å². The second-order valence-corrected chi connectivity index (χ2v) is 5.56. The van der Waals surface area contributed by atoms with Crippen LogP contribution in [0.1, 0.15) is 35.7 Å². The van der Waals surface area contributed by atoms with Crippen molar-refractivity contribution in [2.45, 2.75) is 33.4 Å². The molecule has 2 aromatic heterocycles. The van der Waals surface area contributed by atoms with E-state index in [4.69, 9.17) is 8.83 Å². The molecule has 0 bridgehead atoms. The Balaban J connectivity index is 1.63. The molecule has 0 aliphatic heterocycles. The van der Waals surface area contributed by atoms with Gasteiger partial charge in [0.2, 0.25) is 5.89 Å². The van der Waals surface area contributed by atoms with Crippen molar-refractivity contribution < 1.29 is 8.83 Å². The summed E-state index contributed by atoms with van der Waals surface area (Å²) in [4.78, 5) is 4.52. The number of aryl methyl sites for hydroxylation is 2. The van der Waals surface area contributed by atoms with Crippen LogP contribution in [0.2, 0.25) is 0 Å². The van der Waals surface area contributed by atoms with E-state index in [9.17, 15) is 0 Å². The lowest BCUT2D eigenvalue weighted by Gasteiger charge is -2.09. The number of oxazole rings is 1. The van der Waals surface area contributed by atoms with E-state index >= 15 is 0 Å². The number of rotatable bonds is 5. The van der Waals surface area contributed by atoms with E-state index < -0.39 is 0 Å². The Morgan fingerprint density at radius 1 is 1.09 bits per heavy atom. The number of aromatic nitrogens is 1. The first-order valence-electron chi connectivity index (χ1n) is 7.43. The van der Waals surface area contributed by atoms with Gasteiger partial charge in [0, 0.05) is 12.1 Å². The predicted octanol–water partition coefficient (Wildman–Crippen LogP) is 4.40. The average Bonchev–Trinajstić information content (AvgIpc) is 3.15. The number of benzene rings is 1. The zero-order valence-corrected chi connectivity index (χ0v) is 13.1. The van der Waals surface area contributed by atoms with Crippen molar-refractivity contribution in [1.29, 1.82) is 0 Å². The molecule has 22 heavy (non-hydrogen) atoms. The van der Waals surface area contributed by atoms with E-state index in [1.54, 1.807) is 6.26 Å². The molecular weight excluding hydrogens is 276 g/mol. The first kappa shape index (κ1) is 14.6. The SMILES string of the molecule is Cc1ccc(-c2nc(CNC(C)c3ccc(C)o3)co2)cc1. The number of furan rings is 1. The number of hydrogen-bond donors (Lipinski definition) is 1. The average molecular weight is 296 g/mol. The number of nitrogens with zero attached hydrogens (tertiary/aromatic N) is 1. The van der Waals surface area contributed by atoms with Gasteiger partial charge >= 0.3 is 0 Å². The Kier molecular flexibility index (Phi) is 4.11. The van der Waals surface area contributed by atoms with Gasteiger partial charge < -0.3 is 14.2 Å². The number of nitrogens with one attached hydrogen (secondary N) is 1. The first-order chi connectivity index (χ1) is 10.6. The van der Waals surface area contributed by atoms with Crippen molar-refractivity contribution >= 4 is 0 Å². The van der Waals surface area contributed by atoms with Gasteiger partial charge in [-0.15, -0.1) is 0 Å². The standard InChI is InChI=1S/C18H20N2O2/c1-12-4-7-15(8-5-12)18-20-16(11-21-18)10-19-14(3)17-9-6-13(2)22-17/h4-9,11,14,19H,10H2,1-3H3. The quantitative estimate of drug-likeness (QED) is 0.758. The molecule has 114 valence electrons. The van der Waals surface area contributed by atoms with Gasteiger partial charge in [0.25, 0.3) is 0 Å². The molecule has 4 heteroatoms. The van der Waals surface area contributed by atoms with E-state index in [1.165, 1.54) is 5.56 Å². The summed E-state index contributed by atoms with van der Waals surface area (Å²) in [5, 5.41) is 3.39. The van der Waals surface area contributed by atoms with Crippen LogP contribution in [-0.2, 0) is 6.54 Å². The van der Waals surface area contributed by atoms with Crippen LogP contribution in [0, 0.1) is 13.8 Å². The van der Waals surface area contributed by atoms with Crippen molar-refractivity contribution in [3.05, 3.63) is 65.4 Å². The molecule has 0 saturated heterocycles. The Hall–Kier alpha value is -2.33. The summed E-state index contributed by atoms with van der Waals surface area (Å²) < 4.78 is 11.2. The molecule has 2 heterocycles. The molecule has 1 atom stereocenters. The molecule has 0 amide bonds. The van der Waals surface area contributed by atoms with Crippen LogP contribution in [-0.4, -0.2) is 4.98 Å². The Bertz CT molecular complexity index is 741. The van der Waals surface area contributed by atoms with Gasteiger partial charge in [0.1, 0.15) is 17.8 Å². The second kappa shape index (κ2) is 6.20. The third-order valence-electron chi connectivity index (χ3n) is 3.63. The normalized spacial score (nSPS) is 12.5. The first-order valence-corrected chi connectivity index (χ1v) is 7.43. The molecule has 0 fully saturated rings. The third-order valence-corrected chi connectivity index (χ3v) is 3.63. The molecule has 4 nitrogen and oxygen atoms in total. The molecule has 3 aromatic rings. The fraction of sp³-hybridized carbons (Fsp3) is 0.278. The highest BCUT2D eigenvalue weighted by atomic mass is 16.3. The summed E-state index contributed by atoms with van der Waals surface area (Å²) in [5.74, 6) is 2.50. The van der Waals surface area contributed by atoms with Gasteiger partial charge in [-0.1, -0.05) is 17.7 Å². The van der Waals surface area contributed by atoms with Gasteiger partial charge in [-0.05, 0) is 45.0 Å². The molecule has 1 unspecified atom stereocenters. The fourth-order valence-electron chi connectivity index (χ4n) is 2.26. The zero-order chi connectivity index (χ0) is 15.5. The molecule has 0 spiro atoms. The summed E-state index contributed by atoms with van der Waals surface area (Å²) in [5.41, 5.74) is 3.09. The fourth-order valence-corrected chi connectivity index (χ4v) is 2.26. The summed E-state index contributed by atoms with van der Waals surface area (Å²) in [7, 11) is 0. The summed E-state index contributed by atoms with van der Waals surface area (Å²) in [6, 6.07) is 12.2. The van der Waals surface area contributed by atoms with E-state index in [0.29, 0.717) is 12.4 Å². The minimum absolute atomic E-state index is 0.133. The lowest BCUT2D eigenvalue weighted by Crippen LogP contribution is -2.17. The van der Waals surface area contributed by atoms with Crippen molar-refractivity contribution in [1.82, 2.24) is 10.3 Å². The lowest BCUT2D eigenvalue weighted by atomic mass is 10.1. The topological polar surface area (TPSA) is 51.2 Å². The molecule has 3 rings (SSSR count). The summed E-state index contributed by atoms with van der Waals surface area (Å²) in [6.07, 6.45) is 1.70. The van der Waals surface area contributed by atoms with Crippen molar-refractivity contribution in [2.75, 3.05) is 0 Å². The van der Waals surface area contributed by atoms with Crippen molar-refractivity contribution in [2.24, 2.45) is 0 Å². The van der Waals surface area contributed by atoms with Crippen LogP contribution < -0.4 is 5.32 Å². The molecular formula is C18H20N2O2. The van der Waals surface area contributed by atoms with E-state index in [1.807, 2.05) is 31.2 Å². The minimum atomic E-state index is 0.133. The largest absolute Gasteiger partial charge is 0.465 e. The molecule has 1 aromatic carbocycles. The van der Waals surface area contributed by atoms with Gasteiger partial charge in [0.05, 0.1) is 11.7 Å². The highest BCUT2D eigenvalue weighted by Crippen LogP contribution is 2.20. The van der Waals surface area contributed by atoms with Crippen molar-refractivity contribution in [3.63, 3.8) is 0 Å². The monoisotopic (exact) mass is 296 g/mol. The molecule has 0 aliphatic rings. The smallest absolute Gasteiger partial charge is 0.226 e. The maximum atomic E-state index is 5.61. The van der Waals surface area contributed by atoms with Crippen LogP contribution in [0.3, 0.4) is 0 Å². The summed E-state index contributed by atoms with van der Waals surface area (Å²) >= 11 is 0. The maximum absolute atomic E-state index is 5.61. The van der Waals surface area contributed by atoms with Crippen molar-refractivity contribution in [3.8, 4) is 11.5 Å². The Morgan fingerprint density at radius 3 is 2.55 bits per heavy atom. The van der Waals surface area contributed by atoms with Gasteiger partial charge in [-0.3, -0.25) is 0 Å². The molecule has 0 saturated carbocycles.